The molecular formula is C25H36O4. The highest BCUT2D eigenvalue weighted by atomic mass is 16.5. The fourth-order valence-corrected chi connectivity index (χ4v) is 7.69. The first-order valence-corrected chi connectivity index (χ1v) is 11.6. The van der Waals surface area contributed by atoms with Gasteiger partial charge in [-0.15, -0.1) is 0 Å². The number of carbonyl (C=O) groups is 2. The summed E-state index contributed by atoms with van der Waals surface area (Å²) in [6, 6.07) is 0. The molecule has 0 saturated heterocycles. The molecule has 1 N–H and O–H groups in total. The van der Waals surface area contributed by atoms with E-state index >= 15 is 0 Å². The minimum atomic E-state index is -0.936. The zero-order chi connectivity index (χ0) is 21.0. The summed E-state index contributed by atoms with van der Waals surface area (Å²) in [5, 5.41) is 11.8. The molecule has 0 aromatic heterocycles. The second kappa shape index (κ2) is 5.75. The van der Waals surface area contributed by atoms with Crippen LogP contribution in [0.2, 0.25) is 0 Å². The number of hydrogen-bond acceptors (Lipinski definition) is 4. The summed E-state index contributed by atoms with van der Waals surface area (Å²) in [7, 11) is 0. The highest BCUT2D eigenvalue weighted by Crippen LogP contribution is 2.71. The van der Waals surface area contributed by atoms with Crippen LogP contribution in [-0.2, 0) is 14.3 Å². The van der Waals surface area contributed by atoms with E-state index in [0.29, 0.717) is 41.8 Å². The Morgan fingerprint density at radius 3 is 2.62 bits per heavy atom. The van der Waals surface area contributed by atoms with Crippen LogP contribution >= 0.6 is 0 Å². The normalized spacial score (nSPS) is 52.8. The number of allylic oxidation sites excluding steroid dienone is 1. The van der Waals surface area contributed by atoms with Crippen LogP contribution in [-0.4, -0.2) is 28.6 Å². The molecule has 9 atom stereocenters. The summed E-state index contributed by atoms with van der Waals surface area (Å²) in [6.07, 6.45) is 9.27. The molecule has 9 unspecified atom stereocenters. The third kappa shape index (κ3) is 2.53. The van der Waals surface area contributed by atoms with Gasteiger partial charge in [0.05, 0.1) is 11.0 Å². The van der Waals surface area contributed by atoms with E-state index in [-0.39, 0.29) is 22.9 Å². The molecule has 0 spiro atoms. The second-order valence-corrected chi connectivity index (χ2v) is 12.3. The van der Waals surface area contributed by atoms with E-state index in [9.17, 15) is 14.7 Å². The maximum Gasteiger partial charge on any atom is 0.311 e. The summed E-state index contributed by atoms with van der Waals surface area (Å²) in [5.41, 5.74) is -1.83. The van der Waals surface area contributed by atoms with E-state index in [4.69, 9.17) is 4.74 Å². The van der Waals surface area contributed by atoms with Gasteiger partial charge in [-0.2, -0.15) is 0 Å². The topological polar surface area (TPSA) is 63.6 Å². The molecule has 0 radical (unpaired) electrons. The van der Waals surface area contributed by atoms with Gasteiger partial charge in [-0.05, 0) is 76.5 Å². The van der Waals surface area contributed by atoms with E-state index in [1.165, 1.54) is 0 Å². The third-order valence-corrected chi connectivity index (χ3v) is 9.60. The first-order chi connectivity index (χ1) is 13.4. The summed E-state index contributed by atoms with van der Waals surface area (Å²) < 4.78 is 5.80. The molecule has 0 aliphatic heterocycles. The lowest BCUT2D eigenvalue weighted by Gasteiger charge is -2.61. The second-order valence-electron chi connectivity index (χ2n) is 12.3. The number of ketones is 1. The first-order valence-electron chi connectivity index (χ1n) is 11.6. The first kappa shape index (κ1) is 19.8. The van der Waals surface area contributed by atoms with Crippen LogP contribution in [0.15, 0.2) is 12.2 Å². The minimum absolute atomic E-state index is 0.148. The fourth-order valence-electron chi connectivity index (χ4n) is 7.69. The lowest BCUT2D eigenvalue weighted by molar-refractivity contribution is -0.187. The molecule has 4 nitrogen and oxygen atoms in total. The Morgan fingerprint density at radius 2 is 1.93 bits per heavy atom. The van der Waals surface area contributed by atoms with Crippen LogP contribution < -0.4 is 0 Å². The van der Waals surface area contributed by atoms with Gasteiger partial charge < -0.3 is 9.84 Å². The average Bonchev–Trinajstić information content (AvgIpc) is 3.37. The molecule has 160 valence electrons. The van der Waals surface area contributed by atoms with Crippen molar-refractivity contribution in [3.63, 3.8) is 0 Å². The summed E-state index contributed by atoms with van der Waals surface area (Å²) >= 11 is 0. The Kier molecular flexibility index (Phi) is 3.92. The maximum atomic E-state index is 12.9. The molecule has 4 fully saturated rings. The van der Waals surface area contributed by atoms with E-state index in [1.54, 1.807) is 0 Å². The maximum absolute atomic E-state index is 12.9. The van der Waals surface area contributed by atoms with Gasteiger partial charge >= 0.3 is 5.97 Å². The van der Waals surface area contributed by atoms with Gasteiger partial charge in [0, 0.05) is 23.2 Å². The van der Waals surface area contributed by atoms with Gasteiger partial charge in [-0.1, -0.05) is 26.0 Å². The van der Waals surface area contributed by atoms with Gasteiger partial charge in [-0.25, -0.2) is 0 Å². The predicted molar refractivity (Wildman–Crippen MR) is 110 cm³/mol. The molecule has 0 amide bonds. The quantitative estimate of drug-likeness (QED) is 0.526. The van der Waals surface area contributed by atoms with Crippen molar-refractivity contribution < 1.29 is 19.4 Å². The molecule has 0 heterocycles. The average molecular weight is 401 g/mol. The van der Waals surface area contributed by atoms with Crippen LogP contribution in [0.5, 0.6) is 0 Å². The van der Waals surface area contributed by atoms with Crippen LogP contribution in [0.3, 0.4) is 0 Å². The molecule has 4 heteroatoms. The van der Waals surface area contributed by atoms with Gasteiger partial charge in [-0.3, -0.25) is 9.59 Å². The van der Waals surface area contributed by atoms with Crippen molar-refractivity contribution in [2.75, 3.05) is 0 Å². The molecule has 5 aliphatic rings. The number of carbonyl (C=O) groups excluding carboxylic acids is 2. The van der Waals surface area contributed by atoms with Crippen molar-refractivity contribution in [3.8, 4) is 0 Å². The SMILES string of the molecule is CC(C)(C)C(=O)OC1CCC2(C)C3CCC4(C)C(=O)C5CC5C4C3C=CC2(O)C1. The standard InChI is InChI=1S/C25H36O4/c1-22(2,3)21(27)29-14-6-10-24(5)18-8-9-23(4)19(16-12-17(16)20(23)26)15(18)7-11-25(24,28)13-14/h7,11,14-19,28H,6,8-10,12-13H2,1-5H3. The molecule has 4 saturated carbocycles. The largest absolute Gasteiger partial charge is 0.462 e. The Bertz CT molecular complexity index is 793. The van der Waals surface area contributed by atoms with Crippen LogP contribution in [0.1, 0.15) is 73.1 Å². The predicted octanol–water partition coefficient (Wildman–Crippen LogP) is 4.30. The molecule has 0 aromatic carbocycles. The van der Waals surface area contributed by atoms with Gasteiger partial charge in [0.25, 0.3) is 0 Å². The van der Waals surface area contributed by atoms with E-state index < -0.39 is 11.0 Å². The van der Waals surface area contributed by atoms with Crippen molar-refractivity contribution in [2.24, 2.45) is 45.8 Å². The van der Waals surface area contributed by atoms with Gasteiger partial charge in [0.1, 0.15) is 11.9 Å². The lowest BCUT2D eigenvalue weighted by Crippen LogP contribution is -2.61. The lowest BCUT2D eigenvalue weighted by atomic mass is 9.45. The number of ether oxygens (including phenoxy) is 1. The Labute approximate surface area is 174 Å². The van der Waals surface area contributed by atoms with Crippen molar-refractivity contribution in [3.05, 3.63) is 12.2 Å². The molecule has 5 rings (SSSR count). The van der Waals surface area contributed by atoms with Crippen LogP contribution in [0, 0.1) is 45.8 Å². The smallest absolute Gasteiger partial charge is 0.311 e. The van der Waals surface area contributed by atoms with Crippen LogP contribution in [0.25, 0.3) is 0 Å². The Balaban J connectivity index is 1.42. The molecule has 0 bridgehead atoms. The Hall–Kier alpha value is -1.16. The third-order valence-electron chi connectivity index (χ3n) is 9.60. The number of aliphatic hydroxyl groups is 1. The van der Waals surface area contributed by atoms with E-state index in [1.807, 2.05) is 26.8 Å². The fraction of sp³-hybridized carbons (Fsp3) is 0.840. The zero-order valence-corrected chi connectivity index (χ0v) is 18.5. The van der Waals surface area contributed by atoms with Crippen molar-refractivity contribution in [1.82, 2.24) is 0 Å². The molecule has 29 heavy (non-hydrogen) atoms. The van der Waals surface area contributed by atoms with Crippen LogP contribution in [0.4, 0.5) is 0 Å². The summed E-state index contributed by atoms with van der Waals surface area (Å²) in [6.45, 7) is 10.1. The summed E-state index contributed by atoms with van der Waals surface area (Å²) in [4.78, 5) is 25.3. The van der Waals surface area contributed by atoms with Gasteiger partial charge in [0.15, 0.2) is 0 Å². The molecule has 5 aliphatic carbocycles. The number of fused-ring (bicyclic) bond motifs is 7. The van der Waals surface area contributed by atoms with Gasteiger partial charge in [0.2, 0.25) is 0 Å². The van der Waals surface area contributed by atoms with E-state index in [2.05, 4.69) is 19.9 Å². The highest BCUT2D eigenvalue weighted by molar-refractivity contribution is 5.92. The number of rotatable bonds is 1. The number of hydrogen-bond donors (Lipinski definition) is 1. The molecule has 0 aromatic rings. The van der Waals surface area contributed by atoms with E-state index in [0.717, 1.165) is 32.1 Å². The monoisotopic (exact) mass is 400 g/mol. The van der Waals surface area contributed by atoms with Crippen molar-refractivity contribution in [2.45, 2.75) is 84.8 Å². The molecular weight excluding hydrogens is 364 g/mol. The number of Topliss-reactive ketones (excluding diaryl/α,β-unsaturated/α-hetero) is 1. The highest BCUT2D eigenvalue weighted by Gasteiger charge is 2.71. The Morgan fingerprint density at radius 1 is 1.21 bits per heavy atom. The zero-order valence-electron chi connectivity index (χ0n) is 18.5. The summed E-state index contributed by atoms with van der Waals surface area (Å²) in [5.74, 6) is 2.47. The van der Waals surface area contributed by atoms with Crippen molar-refractivity contribution >= 4 is 11.8 Å². The number of esters is 1. The van der Waals surface area contributed by atoms with Crippen molar-refractivity contribution in [1.29, 1.82) is 0 Å². The minimum Gasteiger partial charge on any atom is -0.462 e.